The van der Waals surface area contributed by atoms with Gasteiger partial charge in [-0.1, -0.05) is 20.8 Å². The molecule has 0 aromatic carbocycles. The number of hydrogen-bond acceptors (Lipinski definition) is 3. The summed E-state index contributed by atoms with van der Waals surface area (Å²) in [6.07, 6.45) is 1.67. The van der Waals surface area contributed by atoms with Crippen LogP contribution in [0.25, 0.3) is 0 Å². The molecule has 1 aliphatic heterocycles. The van der Waals surface area contributed by atoms with Gasteiger partial charge in [-0.2, -0.15) is 0 Å². The zero-order valence-corrected chi connectivity index (χ0v) is 10.1. The van der Waals surface area contributed by atoms with Crippen molar-refractivity contribution < 1.29 is 4.79 Å². The lowest BCUT2D eigenvalue weighted by molar-refractivity contribution is -0.124. The van der Waals surface area contributed by atoms with Gasteiger partial charge in [0.25, 0.3) is 0 Å². The first-order valence-corrected chi connectivity index (χ1v) is 5.58. The zero-order valence-electron chi connectivity index (χ0n) is 10.1. The van der Waals surface area contributed by atoms with E-state index >= 15 is 0 Å². The van der Waals surface area contributed by atoms with Gasteiger partial charge in [-0.25, -0.2) is 0 Å². The molecule has 0 saturated carbocycles. The highest BCUT2D eigenvalue weighted by Crippen LogP contribution is 2.27. The van der Waals surface area contributed by atoms with Gasteiger partial charge in [0, 0.05) is 19.1 Å². The van der Waals surface area contributed by atoms with E-state index in [0.717, 1.165) is 12.8 Å². The van der Waals surface area contributed by atoms with Gasteiger partial charge in [0.05, 0.1) is 6.04 Å². The van der Waals surface area contributed by atoms with Gasteiger partial charge in [-0.05, 0) is 18.3 Å². The SMILES string of the molecule is CNC(=O)[C@@H]1C[C@H](N)C[C@H](C(C)(C)C)N1. The van der Waals surface area contributed by atoms with Crippen LogP contribution in [0, 0.1) is 5.41 Å². The summed E-state index contributed by atoms with van der Waals surface area (Å²) in [6.45, 7) is 6.51. The minimum absolute atomic E-state index is 0.0411. The molecule has 1 fully saturated rings. The third-order valence-electron chi connectivity index (χ3n) is 3.09. The molecule has 1 rings (SSSR count). The average molecular weight is 213 g/mol. The molecule has 0 radical (unpaired) electrons. The van der Waals surface area contributed by atoms with Crippen LogP contribution in [-0.4, -0.2) is 31.1 Å². The van der Waals surface area contributed by atoms with Crippen molar-refractivity contribution in [2.45, 2.75) is 51.7 Å². The summed E-state index contributed by atoms with van der Waals surface area (Å²) in [6, 6.07) is 0.296. The normalized spacial score (nSPS) is 32.5. The number of nitrogens with two attached hydrogens (primary N) is 1. The van der Waals surface area contributed by atoms with Gasteiger partial charge in [-0.3, -0.25) is 4.79 Å². The third kappa shape index (κ3) is 3.18. The van der Waals surface area contributed by atoms with Crippen LogP contribution in [-0.2, 0) is 4.79 Å². The molecule has 1 amide bonds. The highest BCUT2D eigenvalue weighted by molar-refractivity contribution is 5.81. The summed E-state index contributed by atoms with van der Waals surface area (Å²) < 4.78 is 0. The van der Waals surface area contributed by atoms with Crippen molar-refractivity contribution in [2.75, 3.05) is 7.05 Å². The number of piperidine rings is 1. The van der Waals surface area contributed by atoms with Crippen LogP contribution in [0.2, 0.25) is 0 Å². The van der Waals surface area contributed by atoms with Crippen molar-refractivity contribution >= 4 is 5.91 Å². The van der Waals surface area contributed by atoms with Crippen molar-refractivity contribution in [3.8, 4) is 0 Å². The predicted molar refractivity (Wildman–Crippen MR) is 61.4 cm³/mol. The molecule has 4 nitrogen and oxygen atoms in total. The van der Waals surface area contributed by atoms with Crippen molar-refractivity contribution in [1.29, 1.82) is 0 Å². The first-order chi connectivity index (χ1) is 6.84. The molecule has 1 saturated heterocycles. The molecule has 1 heterocycles. The minimum atomic E-state index is -0.136. The Morgan fingerprint density at radius 2 is 2.00 bits per heavy atom. The molecule has 0 bridgehead atoms. The number of nitrogens with one attached hydrogen (secondary N) is 2. The second-order valence-corrected chi connectivity index (χ2v) is 5.48. The van der Waals surface area contributed by atoms with Crippen LogP contribution in [0.3, 0.4) is 0 Å². The fraction of sp³-hybridized carbons (Fsp3) is 0.909. The number of amides is 1. The Morgan fingerprint density at radius 3 is 2.47 bits per heavy atom. The van der Waals surface area contributed by atoms with Gasteiger partial charge in [0.1, 0.15) is 0 Å². The van der Waals surface area contributed by atoms with E-state index in [1.54, 1.807) is 7.05 Å². The van der Waals surface area contributed by atoms with E-state index in [1.165, 1.54) is 0 Å². The Bertz CT molecular complexity index is 234. The number of likely N-dealkylation sites (N-methyl/N-ethyl adjacent to an activating group) is 1. The van der Waals surface area contributed by atoms with Crippen LogP contribution in [0.5, 0.6) is 0 Å². The molecule has 15 heavy (non-hydrogen) atoms. The molecule has 0 spiro atoms. The summed E-state index contributed by atoms with van der Waals surface area (Å²) in [5.74, 6) is 0.0411. The Kier molecular flexibility index (Phi) is 3.73. The van der Waals surface area contributed by atoms with Crippen molar-refractivity contribution in [1.82, 2.24) is 10.6 Å². The van der Waals surface area contributed by atoms with E-state index in [0.29, 0.717) is 6.04 Å². The molecular formula is C11H23N3O. The maximum absolute atomic E-state index is 11.6. The lowest BCUT2D eigenvalue weighted by Gasteiger charge is -2.40. The molecule has 0 unspecified atom stereocenters. The fourth-order valence-electron chi connectivity index (χ4n) is 2.04. The Hall–Kier alpha value is -0.610. The van der Waals surface area contributed by atoms with E-state index in [4.69, 9.17) is 5.73 Å². The van der Waals surface area contributed by atoms with Gasteiger partial charge < -0.3 is 16.4 Å². The highest BCUT2D eigenvalue weighted by atomic mass is 16.2. The van der Waals surface area contributed by atoms with Gasteiger partial charge in [0.15, 0.2) is 0 Å². The molecule has 4 N–H and O–H groups in total. The van der Waals surface area contributed by atoms with Gasteiger partial charge in [-0.15, -0.1) is 0 Å². The number of rotatable bonds is 1. The summed E-state index contributed by atoms with van der Waals surface area (Å²) in [4.78, 5) is 11.6. The fourth-order valence-corrected chi connectivity index (χ4v) is 2.04. The second kappa shape index (κ2) is 4.49. The molecule has 0 aromatic heterocycles. The second-order valence-electron chi connectivity index (χ2n) is 5.48. The van der Waals surface area contributed by atoms with Crippen molar-refractivity contribution in [3.63, 3.8) is 0 Å². The van der Waals surface area contributed by atoms with Crippen LogP contribution in [0.1, 0.15) is 33.6 Å². The number of hydrogen-bond donors (Lipinski definition) is 3. The van der Waals surface area contributed by atoms with Gasteiger partial charge in [0.2, 0.25) is 5.91 Å². The zero-order chi connectivity index (χ0) is 11.6. The van der Waals surface area contributed by atoms with Crippen molar-refractivity contribution in [3.05, 3.63) is 0 Å². The highest BCUT2D eigenvalue weighted by Gasteiger charge is 2.35. The number of carbonyl (C=O) groups excluding carboxylic acids is 1. The number of carbonyl (C=O) groups is 1. The first kappa shape index (κ1) is 12.5. The molecular weight excluding hydrogens is 190 g/mol. The van der Waals surface area contributed by atoms with E-state index in [1.807, 2.05) is 0 Å². The molecule has 0 aromatic rings. The van der Waals surface area contributed by atoms with E-state index in [-0.39, 0.29) is 23.4 Å². The lowest BCUT2D eigenvalue weighted by Crippen LogP contribution is -2.59. The summed E-state index contributed by atoms with van der Waals surface area (Å²) in [7, 11) is 1.66. The van der Waals surface area contributed by atoms with Crippen LogP contribution < -0.4 is 16.4 Å². The van der Waals surface area contributed by atoms with Crippen molar-refractivity contribution in [2.24, 2.45) is 11.1 Å². The summed E-state index contributed by atoms with van der Waals surface area (Å²) in [5, 5.41) is 6.05. The van der Waals surface area contributed by atoms with Crippen LogP contribution in [0.15, 0.2) is 0 Å². The Labute approximate surface area is 92.0 Å². The average Bonchev–Trinajstić information content (AvgIpc) is 2.14. The monoisotopic (exact) mass is 213 g/mol. The molecule has 1 aliphatic rings. The molecule has 0 aliphatic carbocycles. The van der Waals surface area contributed by atoms with E-state index in [9.17, 15) is 4.79 Å². The maximum Gasteiger partial charge on any atom is 0.236 e. The molecule has 3 atom stereocenters. The van der Waals surface area contributed by atoms with Crippen LogP contribution in [0.4, 0.5) is 0 Å². The standard InChI is InChI=1S/C11H23N3O/c1-11(2,3)9-6-7(12)5-8(14-9)10(15)13-4/h7-9,14H,5-6,12H2,1-4H3,(H,13,15)/t7-,8-,9+/m0/s1. The predicted octanol–water partition coefficient (Wildman–Crippen LogP) is 0.226. The molecule has 88 valence electrons. The van der Waals surface area contributed by atoms with Gasteiger partial charge >= 0.3 is 0 Å². The minimum Gasteiger partial charge on any atom is -0.358 e. The van der Waals surface area contributed by atoms with Crippen LogP contribution >= 0.6 is 0 Å². The smallest absolute Gasteiger partial charge is 0.236 e. The quantitative estimate of drug-likeness (QED) is 0.584. The van der Waals surface area contributed by atoms with E-state index in [2.05, 4.69) is 31.4 Å². The summed E-state index contributed by atoms with van der Waals surface area (Å²) in [5.41, 5.74) is 6.13. The Morgan fingerprint density at radius 1 is 1.40 bits per heavy atom. The molecule has 4 heteroatoms. The third-order valence-corrected chi connectivity index (χ3v) is 3.09. The summed E-state index contributed by atoms with van der Waals surface area (Å²) >= 11 is 0. The first-order valence-electron chi connectivity index (χ1n) is 5.58. The Balaban J connectivity index is 2.68. The topological polar surface area (TPSA) is 67.2 Å². The van der Waals surface area contributed by atoms with E-state index < -0.39 is 0 Å². The largest absolute Gasteiger partial charge is 0.358 e. The lowest BCUT2D eigenvalue weighted by atomic mass is 9.79. The maximum atomic E-state index is 11.6.